The standard InChI is InChI=1S/C12H12N2O4S/c1-7-4-9(15)14(10(16)5-7)12-13-6-8(19-12)2-3-11(17)18/h2-3,6-7H,4-5H2,1H3,(H,17,18). The molecule has 100 valence electrons. The Bertz CT molecular complexity index is 546. The van der Waals surface area contributed by atoms with Crippen molar-refractivity contribution in [1.29, 1.82) is 0 Å². The number of anilines is 1. The van der Waals surface area contributed by atoms with Crippen LogP contribution < -0.4 is 4.90 Å². The van der Waals surface area contributed by atoms with Crippen LogP contribution in [-0.4, -0.2) is 27.9 Å². The Morgan fingerprint density at radius 3 is 2.68 bits per heavy atom. The van der Waals surface area contributed by atoms with Gasteiger partial charge in [-0.05, 0) is 12.0 Å². The van der Waals surface area contributed by atoms with Gasteiger partial charge in [-0.3, -0.25) is 9.59 Å². The summed E-state index contributed by atoms with van der Waals surface area (Å²) >= 11 is 1.11. The maximum absolute atomic E-state index is 11.9. The summed E-state index contributed by atoms with van der Waals surface area (Å²) in [5.41, 5.74) is 0. The van der Waals surface area contributed by atoms with Crippen LogP contribution in [0.5, 0.6) is 0 Å². The summed E-state index contributed by atoms with van der Waals surface area (Å²) in [6, 6.07) is 0. The number of imide groups is 1. The molecule has 1 aliphatic rings. The van der Waals surface area contributed by atoms with Gasteiger partial charge < -0.3 is 5.11 Å². The molecular weight excluding hydrogens is 268 g/mol. The lowest BCUT2D eigenvalue weighted by Gasteiger charge is -2.25. The lowest BCUT2D eigenvalue weighted by atomic mass is 9.98. The summed E-state index contributed by atoms with van der Waals surface area (Å²) in [6.45, 7) is 1.86. The molecule has 19 heavy (non-hydrogen) atoms. The second-order valence-electron chi connectivity index (χ2n) is 4.35. The number of rotatable bonds is 3. The van der Waals surface area contributed by atoms with Gasteiger partial charge in [-0.2, -0.15) is 0 Å². The van der Waals surface area contributed by atoms with Crippen molar-refractivity contribution in [2.75, 3.05) is 4.90 Å². The average Bonchev–Trinajstić information content (AvgIpc) is 2.73. The Hall–Kier alpha value is -2.02. The Kier molecular flexibility index (Phi) is 3.75. The number of thiazole rings is 1. The van der Waals surface area contributed by atoms with Crippen molar-refractivity contribution in [3.05, 3.63) is 17.2 Å². The number of carbonyl (C=O) groups excluding carboxylic acids is 2. The molecule has 0 radical (unpaired) electrons. The van der Waals surface area contributed by atoms with Gasteiger partial charge in [0.05, 0.1) is 0 Å². The van der Waals surface area contributed by atoms with Crippen LogP contribution in [-0.2, 0) is 14.4 Å². The van der Waals surface area contributed by atoms with Crippen LogP contribution in [0.1, 0.15) is 24.6 Å². The van der Waals surface area contributed by atoms with E-state index in [2.05, 4.69) is 4.98 Å². The number of piperidine rings is 1. The van der Waals surface area contributed by atoms with Crippen molar-refractivity contribution in [1.82, 2.24) is 4.98 Å². The van der Waals surface area contributed by atoms with Crippen molar-refractivity contribution in [3.8, 4) is 0 Å². The van der Waals surface area contributed by atoms with Crippen molar-refractivity contribution in [2.45, 2.75) is 19.8 Å². The molecule has 2 amide bonds. The molecule has 2 rings (SSSR count). The topological polar surface area (TPSA) is 87.6 Å². The minimum absolute atomic E-state index is 0.0580. The van der Waals surface area contributed by atoms with E-state index in [1.54, 1.807) is 0 Å². The third kappa shape index (κ3) is 3.05. The monoisotopic (exact) mass is 280 g/mol. The highest BCUT2D eigenvalue weighted by atomic mass is 32.1. The molecular formula is C12H12N2O4S. The highest BCUT2D eigenvalue weighted by molar-refractivity contribution is 7.16. The highest BCUT2D eigenvalue weighted by Gasteiger charge is 2.33. The number of carbonyl (C=O) groups is 3. The van der Waals surface area contributed by atoms with Crippen LogP contribution >= 0.6 is 11.3 Å². The molecule has 0 spiro atoms. The van der Waals surface area contributed by atoms with Gasteiger partial charge in [0.25, 0.3) is 0 Å². The molecule has 6 nitrogen and oxygen atoms in total. The Morgan fingerprint density at radius 2 is 2.11 bits per heavy atom. The molecule has 1 N–H and O–H groups in total. The molecule has 1 aliphatic heterocycles. The second-order valence-corrected chi connectivity index (χ2v) is 5.39. The molecule has 1 aromatic heterocycles. The molecule has 0 aliphatic carbocycles. The van der Waals surface area contributed by atoms with Gasteiger partial charge in [0.2, 0.25) is 11.8 Å². The van der Waals surface area contributed by atoms with Gasteiger partial charge in [0.15, 0.2) is 5.13 Å². The minimum Gasteiger partial charge on any atom is -0.478 e. The first-order chi connectivity index (χ1) is 8.97. The number of aromatic nitrogens is 1. The second kappa shape index (κ2) is 5.31. The van der Waals surface area contributed by atoms with Crippen LogP contribution in [0.25, 0.3) is 6.08 Å². The predicted molar refractivity (Wildman–Crippen MR) is 69.7 cm³/mol. The Morgan fingerprint density at radius 1 is 1.47 bits per heavy atom. The SMILES string of the molecule is CC1CC(=O)N(c2ncc(C=CC(=O)O)s2)C(=O)C1. The van der Waals surface area contributed by atoms with E-state index in [1.165, 1.54) is 12.3 Å². The van der Waals surface area contributed by atoms with Crippen LogP contribution in [0.2, 0.25) is 0 Å². The molecule has 1 fully saturated rings. The average molecular weight is 280 g/mol. The summed E-state index contributed by atoms with van der Waals surface area (Å²) in [5, 5.41) is 8.82. The summed E-state index contributed by atoms with van der Waals surface area (Å²) in [4.78, 5) is 39.8. The van der Waals surface area contributed by atoms with E-state index in [1.807, 2.05) is 6.92 Å². The zero-order valence-corrected chi connectivity index (χ0v) is 11.0. The van der Waals surface area contributed by atoms with Crippen LogP contribution in [0.3, 0.4) is 0 Å². The van der Waals surface area contributed by atoms with Crippen molar-refractivity contribution in [3.63, 3.8) is 0 Å². The van der Waals surface area contributed by atoms with E-state index in [0.29, 0.717) is 22.9 Å². The molecule has 1 saturated heterocycles. The number of hydrogen-bond donors (Lipinski definition) is 1. The van der Waals surface area contributed by atoms with Gasteiger partial charge in [-0.1, -0.05) is 18.3 Å². The third-order valence-corrected chi connectivity index (χ3v) is 3.59. The maximum Gasteiger partial charge on any atom is 0.328 e. The van der Waals surface area contributed by atoms with Gasteiger partial charge in [-0.15, -0.1) is 0 Å². The quantitative estimate of drug-likeness (QED) is 0.670. The molecule has 7 heteroatoms. The van der Waals surface area contributed by atoms with Crippen LogP contribution in [0.4, 0.5) is 5.13 Å². The van der Waals surface area contributed by atoms with Gasteiger partial charge in [0.1, 0.15) is 0 Å². The van der Waals surface area contributed by atoms with Gasteiger partial charge >= 0.3 is 5.97 Å². The molecule has 0 atom stereocenters. The summed E-state index contributed by atoms with van der Waals surface area (Å²) < 4.78 is 0. The lowest BCUT2D eigenvalue weighted by Crippen LogP contribution is -2.42. The zero-order chi connectivity index (χ0) is 14.0. The number of carboxylic acid groups (broad SMARTS) is 1. The number of hydrogen-bond acceptors (Lipinski definition) is 5. The van der Waals surface area contributed by atoms with E-state index in [4.69, 9.17) is 5.11 Å². The first kappa shape index (κ1) is 13.4. The predicted octanol–water partition coefficient (Wildman–Crippen LogP) is 1.53. The Labute approximate surface area is 113 Å². The normalized spacial score (nSPS) is 17.4. The van der Waals surface area contributed by atoms with E-state index < -0.39 is 5.97 Å². The smallest absolute Gasteiger partial charge is 0.328 e. The van der Waals surface area contributed by atoms with E-state index in [9.17, 15) is 14.4 Å². The van der Waals surface area contributed by atoms with E-state index in [-0.39, 0.29) is 17.7 Å². The molecule has 0 aromatic carbocycles. The largest absolute Gasteiger partial charge is 0.478 e. The summed E-state index contributed by atoms with van der Waals surface area (Å²) in [6.07, 6.45) is 4.46. The van der Waals surface area contributed by atoms with Gasteiger partial charge in [0, 0.05) is 30.0 Å². The lowest BCUT2D eigenvalue weighted by molar-refractivity contribution is -0.132. The maximum atomic E-state index is 11.9. The summed E-state index contributed by atoms with van der Waals surface area (Å²) in [5.74, 6) is -1.52. The first-order valence-electron chi connectivity index (χ1n) is 5.70. The zero-order valence-electron chi connectivity index (χ0n) is 10.2. The van der Waals surface area contributed by atoms with Crippen molar-refractivity contribution in [2.24, 2.45) is 5.92 Å². The fourth-order valence-electron chi connectivity index (χ4n) is 1.81. The number of nitrogens with zero attached hydrogens (tertiary/aromatic N) is 2. The first-order valence-corrected chi connectivity index (χ1v) is 6.51. The fourth-order valence-corrected chi connectivity index (χ4v) is 2.67. The minimum atomic E-state index is -1.06. The summed E-state index contributed by atoms with van der Waals surface area (Å²) in [7, 11) is 0. The number of amides is 2. The Balaban J connectivity index is 2.20. The van der Waals surface area contributed by atoms with Crippen LogP contribution in [0, 0.1) is 5.92 Å². The van der Waals surface area contributed by atoms with E-state index >= 15 is 0 Å². The van der Waals surface area contributed by atoms with Crippen molar-refractivity contribution < 1.29 is 19.5 Å². The molecule has 1 aromatic rings. The number of aliphatic carboxylic acids is 1. The van der Waals surface area contributed by atoms with Gasteiger partial charge in [-0.25, -0.2) is 14.7 Å². The van der Waals surface area contributed by atoms with Crippen molar-refractivity contribution >= 4 is 40.3 Å². The molecule has 2 heterocycles. The fraction of sp³-hybridized carbons (Fsp3) is 0.333. The third-order valence-electron chi connectivity index (χ3n) is 2.64. The molecule has 0 bridgehead atoms. The molecule has 0 saturated carbocycles. The molecule has 0 unspecified atom stereocenters. The van der Waals surface area contributed by atoms with E-state index in [0.717, 1.165) is 22.3 Å². The number of carboxylic acids is 1. The van der Waals surface area contributed by atoms with Crippen LogP contribution in [0.15, 0.2) is 12.3 Å². The highest BCUT2D eigenvalue weighted by Crippen LogP contribution is 2.29.